The highest BCUT2D eigenvalue weighted by Gasteiger charge is 2.33. The number of hydrogen-bond donors (Lipinski definition) is 3. The largest absolute Gasteiger partial charge is 0.418 e. The molecule has 0 aliphatic carbocycles. The number of halogens is 3. The van der Waals surface area contributed by atoms with Gasteiger partial charge >= 0.3 is 12.2 Å². The number of amides is 2. The van der Waals surface area contributed by atoms with Crippen LogP contribution in [0.2, 0.25) is 0 Å². The maximum Gasteiger partial charge on any atom is 0.418 e. The summed E-state index contributed by atoms with van der Waals surface area (Å²) in [5.74, 6) is 0. The Kier molecular flexibility index (Phi) is 4.87. The smallest absolute Gasteiger partial charge is 0.306 e. The van der Waals surface area contributed by atoms with E-state index in [2.05, 4.69) is 16.2 Å². The second-order valence-corrected chi connectivity index (χ2v) is 4.55. The number of carbonyl (C=O) groups is 1. The average molecular weight is 340 g/mol. The lowest BCUT2D eigenvalue weighted by atomic mass is 10.1. The van der Waals surface area contributed by atoms with Crippen LogP contribution < -0.4 is 16.2 Å². The minimum atomic E-state index is -4.60. The van der Waals surface area contributed by atoms with Crippen molar-refractivity contribution in [2.24, 2.45) is 0 Å². The quantitative estimate of drug-likeness (QED) is 0.583. The Labute approximate surface area is 133 Å². The highest BCUT2D eigenvalue weighted by molar-refractivity contribution is 5.90. The topological polar surface area (TPSA) is 96.3 Å². The Bertz CT molecular complexity index is 748. The summed E-state index contributed by atoms with van der Waals surface area (Å²) in [5, 5.41) is 12.6. The van der Waals surface area contributed by atoms with Crippen molar-refractivity contribution >= 4 is 23.1 Å². The summed E-state index contributed by atoms with van der Waals surface area (Å²) in [6.07, 6.45) is -4.60. The third-order valence-corrected chi connectivity index (χ3v) is 2.88. The molecule has 2 aromatic rings. The summed E-state index contributed by atoms with van der Waals surface area (Å²) in [7, 11) is 0. The number of carbonyl (C=O) groups excluding carboxylic acids is 1. The van der Waals surface area contributed by atoms with Gasteiger partial charge < -0.3 is 5.32 Å². The SMILES string of the molecule is O=C(NNc1ccc([N+](=O)[O-])cc1)Nc1ccccc1C(F)(F)F. The zero-order chi connectivity index (χ0) is 17.7. The van der Waals surface area contributed by atoms with E-state index in [0.29, 0.717) is 5.69 Å². The molecule has 2 rings (SSSR count). The molecule has 2 amide bonds. The Morgan fingerprint density at radius 2 is 1.67 bits per heavy atom. The van der Waals surface area contributed by atoms with Gasteiger partial charge in [-0.3, -0.25) is 21.0 Å². The van der Waals surface area contributed by atoms with Gasteiger partial charge in [0, 0.05) is 12.1 Å². The van der Waals surface area contributed by atoms with Crippen molar-refractivity contribution in [3.63, 3.8) is 0 Å². The molecule has 0 spiro atoms. The van der Waals surface area contributed by atoms with Gasteiger partial charge in [0.25, 0.3) is 5.69 Å². The molecule has 0 aliphatic heterocycles. The van der Waals surface area contributed by atoms with Gasteiger partial charge in [-0.2, -0.15) is 13.2 Å². The number of nitrogens with one attached hydrogen (secondary N) is 3. The molecule has 0 saturated carbocycles. The Morgan fingerprint density at radius 1 is 1.04 bits per heavy atom. The predicted octanol–water partition coefficient (Wildman–Crippen LogP) is 3.76. The second-order valence-electron chi connectivity index (χ2n) is 4.55. The minimum absolute atomic E-state index is 0.135. The normalized spacial score (nSPS) is 10.8. The summed E-state index contributed by atoms with van der Waals surface area (Å²) in [6.45, 7) is 0. The zero-order valence-corrected chi connectivity index (χ0v) is 11.9. The fraction of sp³-hybridized carbons (Fsp3) is 0.0714. The highest BCUT2D eigenvalue weighted by Crippen LogP contribution is 2.34. The molecule has 0 fully saturated rings. The lowest BCUT2D eigenvalue weighted by molar-refractivity contribution is -0.384. The number of hydrazine groups is 1. The Morgan fingerprint density at radius 3 is 2.25 bits per heavy atom. The van der Waals surface area contributed by atoms with Crippen molar-refractivity contribution in [1.29, 1.82) is 0 Å². The van der Waals surface area contributed by atoms with Gasteiger partial charge in [-0.05, 0) is 24.3 Å². The molecule has 3 N–H and O–H groups in total. The van der Waals surface area contributed by atoms with Crippen LogP contribution in [-0.2, 0) is 6.18 Å². The summed E-state index contributed by atoms with van der Waals surface area (Å²) in [4.78, 5) is 21.6. The number of nitro benzene ring substituents is 1. The lowest BCUT2D eigenvalue weighted by Gasteiger charge is -2.14. The Balaban J connectivity index is 1.98. The molecule has 0 heterocycles. The molecule has 0 atom stereocenters. The first kappa shape index (κ1) is 17.1. The molecule has 0 aliphatic rings. The Hall–Kier alpha value is -3.30. The molecule has 126 valence electrons. The molecule has 10 heteroatoms. The van der Waals surface area contributed by atoms with Gasteiger partial charge in [0.05, 0.1) is 21.9 Å². The molecule has 0 saturated heterocycles. The fourth-order valence-corrected chi connectivity index (χ4v) is 1.79. The number of anilines is 2. The van der Waals surface area contributed by atoms with E-state index in [1.54, 1.807) is 0 Å². The van der Waals surface area contributed by atoms with Crippen molar-refractivity contribution in [2.75, 3.05) is 10.7 Å². The fourth-order valence-electron chi connectivity index (χ4n) is 1.79. The highest BCUT2D eigenvalue weighted by atomic mass is 19.4. The second kappa shape index (κ2) is 6.86. The molecule has 0 bridgehead atoms. The van der Waals surface area contributed by atoms with E-state index in [0.717, 1.165) is 12.1 Å². The van der Waals surface area contributed by atoms with Crippen LogP contribution in [0.5, 0.6) is 0 Å². The lowest BCUT2D eigenvalue weighted by Crippen LogP contribution is -2.34. The van der Waals surface area contributed by atoms with E-state index >= 15 is 0 Å². The third-order valence-electron chi connectivity index (χ3n) is 2.88. The van der Waals surface area contributed by atoms with E-state index in [1.807, 2.05) is 0 Å². The van der Waals surface area contributed by atoms with E-state index in [-0.39, 0.29) is 5.69 Å². The van der Waals surface area contributed by atoms with Crippen LogP contribution in [-0.4, -0.2) is 11.0 Å². The van der Waals surface area contributed by atoms with Crippen molar-refractivity contribution in [3.8, 4) is 0 Å². The molecule has 0 aromatic heterocycles. The van der Waals surface area contributed by atoms with Gasteiger partial charge in [-0.25, -0.2) is 4.79 Å². The number of hydrogen-bond acceptors (Lipinski definition) is 4. The number of para-hydroxylation sites is 1. The molecular weight excluding hydrogens is 329 g/mol. The number of nitro groups is 1. The van der Waals surface area contributed by atoms with Crippen molar-refractivity contribution < 1.29 is 22.9 Å². The number of alkyl halides is 3. The van der Waals surface area contributed by atoms with Crippen LogP contribution in [0.1, 0.15) is 5.56 Å². The van der Waals surface area contributed by atoms with Crippen LogP contribution in [0, 0.1) is 10.1 Å². The molecule has 2 aromatic carbocycles. The monoisotopic (exact) mass is 340 g/mol. The maximum absolute atomic E-state index is 12.8. The van der Waals surface area contributed by atoms with Crippen LogP contribution in [0.3, 0.4) is 0 Å². The van der Waals surface area contributed by atoms with Gasteiger partial charge in [0.15, 0.2) is 0 Å². The number of non-ortho nitro benzene ring substituents is 1. The van der Waals surface area contributed by atoms with E-state index < -0.39 is 28.4 Å². The predicted molar refractivity (Wildman–Crippen MR) is 80.3 cm³/mol. The summed E-state index contributed by atoms with van der Waals surface area (Å²) >= 11 is 0. The van der Waals surface area contributed by atoms with Gasteiger partial charge in [-0.1, -0.05) is 12.1 Å². The number of benzene rings is 2. The van der Waals surface area contributed by atoms with Gasteiger partial charge in [0.2, 0.25) is 0 Å². The maximum atomic E-state index is 12.8. The summed E-state index contributed by atoms with van der Waals surface area (Å²) < 4.78 is 38.4. The molecule has 7 nitrogen and oxygen atoms in total. The zero-order valence-electron chi connectivity index (χ0n) is 11.9. The van der Waals surface area contributed by atoms with Gasteiger partial charge in [-0.15, -0.1) is 0 Å². The molecule has 0 unspecified atom stereocenters. The summed E-state index contributed by atoms with van der Waals surface area (Å²) in [5.41, 5.74) is 3.37. The van der Waals surface area contributed by atoms with Crippen molar-refractivity contribution in [1.82, 2.24) is 5.43 Å². The standard InChI is InChI=1S/C14H11F3N4O3/c15-14(16,17)11-3-1-2-4-12(11)18-13(22)20-19-9-5-7-10(8-6-9)21(23)24/h1-8,19H,(H2,18,20,22). The van der Waals surface area contributed by atoms with Crippen molar-refractivity contribution in [3.05, 3.63) is 64.2 Å². The van der Waals surface area contributed by atoms with Crippen molar-refractivity contribution in [2.45, 2.75) is 6.18 Å². The first-order valence-electron chi connectivity index (χ1n) is 6.51. The van der Waals surface area contributed by atoms with E-state index in [1.165, 1.54) is 36.4 Å². The summed E-state index contributed by atoms with van der Waals surface area (Å²) in [6, 6.07) is 8.69. The van der Waals surface area contributed by atoms with Crippen LogP contribution >= 0.6 is 0 Å². The molecule has 24 heavy (non-hydrogen) atoms. The molecule has 0 radical (unpaired) electrons. The number of urea groups is 1. The minimum Gasteiger partial charge on any atom is -0.306 e. The van der Waals surface area contributed by atoms with Gasteiger partial charge in [0.1, 0.15) is 0 Å². The number of rotatable bonds is 4. The third kappa shape index (κ3) is 4.35. The van der Waals surface area contributed by atoms with Crippen LogP contribution in [0.25, 0.3) is 0 Å². The first-order chi connectivity index (χ1) is 11.3. The first-order valence-corrected chi connectivity index (χ1v) is 6.51. The molecular formula is C14H11F3N4O3. The van der Waals surface area contributed by atoms with Crippen LogP contribution in [0.4, 0.5) is 35.0 Å². The van der Waals surface area contributed by atoms with E-state index in [9.17, 15) is 28.1 Å². The average Bonchev–Trinajstić information content (AvgIpc) is 2.53. The van der Waals surface area contributed by atoms with E-state index in [4.69, 9.17) is 0 Å². The van der Waals surface area contributed by atoms with Crippen LogP contribution in [0.15, 0.2) is 48.5 Å². The number of nitrogens with zero attached hydrogens (tertiary/aromatic N) is 1.